The molecule has 4 heteroatoms. The van der Waals surface area contributed by atoms with Gasteiger partial charge in [-0.05, 0) is 37.6 Å². The number of halogens is 1. The van der Waals surface area contributed by atoms with Gasteiger partial charge in [0.05, 0.1) is 0 Å². The van der Waals surface area contributed by atoms with Crippen LogP contribution in [0, 0.1) is 6.92 Å². The second kappa shape index (κ2) is 6.28. The van der Waals surface area contributed by atoms with Crippen molar-refractivity contribution >= 4 is 29.0 Å². The van der Waals surface area contributed by atoms with E-state index >= 15 is 0 Å². The molecule has 0 aliphatic heterocycles. The van der Waals surface area contributed by atoms with Gasteiger partial charge in [0.2, 0.25) is 5.91 Å². The van der Waals surface area contributed by atoms with Gasteiger partial charge in [-0.25, -0.2) is 0 Å². The minimum absolute atomic E-state index is 0. The lowest BCUT2D eigenvalue weighted by molar-refractivity contribution is -0.113. The Balaban J connectivity index is 0.00000225. The zero-order valence-electron chi connectivity index (χ0n) is 8.63. The quantitative estimate of drug-likeness (QED) is 0.653. The lowest BCUT2D eigenvalue weighted by Gasteiger charge is -2.06. The number of carbonyl (C=O) groups is 2. The predicted octanol–water partition coefficient (Wildman–Crippen LogP) is 3.01. The molecule has 0 atom stereocenters. The van der Waals surface area contributed by atoms with Crippen LogP contribution < -0.4 is 5.32 Å². The van der Waals surface area contributed by atoms with E-state index < -0.39 is 0 Å². The third-order valence-electron chi connectivity index (χ3n) is 2.01. The average molecular weight is 242 g/mol. The van der Waals surface area contributed by atoms with Crippen LogP contribution in [0.2, 0.25) is 0 Å². The largest absolute Gasteiger partial charge is 0.325 e. The first-order valence-corrected chi connectivity index (χ1v) is 5.05. The molecule has 0 fully saturated rings. The van der Waals surface area contributed by atoms with Crippen LogP contribution in [0.15, 0.2) is 18.2 Å². The number of hydrogen-bond acceptors (Lipinski definition) is 2. The average Bonchev–Trinajstić information content (AvgIpc) is 2.17. The Morgan fingerprint density at radius 1 is 1.38 bits per heavy atom. The van der Waals surface area contributed by atoms with Crippen LogP contribution in [-0.4, -0.2) is 17.6 Å². The first-order chi connectivity index (χ1) is 7.04. The molecule has 0 aromatic heterocycles. The van der Waals surface area contributed by atoms with Gasteiger partial charge < -0.3 is 5.32 Å². The first-order valence-electron chi connectivity index (χ1n) is 4.52. The van der Waals surface area contributed by atoms with Crippen LogP contribution in [0.25, 0.3) is 0 Å². The maximum absolute atomic E-state index is 11.1. The first kappa shape index (κ1) is 14.6. The molecule has 0 aliphatic rings. The molecule has 0 spiro atoms. The fourth-order valence-corrected chi connectivity index (χ4v) is 1.40. The van der Waals surface area contributed by atoms with E-state index in [-0.39, 0.29) is 25.0 Å². The molecule has 0 saturated carbocycles. The van der Waals surface area contributed by atoms with Gasteiger partial charge in [0.25, 0.3) is 0 Å². The number of amides is 1. The zero-order valence-corrected chi connectivity index (χ0v) is 9.39. The van der Waals surface area contributed by atoms with Crippen molar-refractivity contribution in [3.8, 4) is 0 Å². The molecule has 16 heavy (non-hydrogen) atoms. The molecule has 0 aliphatic carbocycles. The van der Waals surface area contributed by atoms with Gasteiger partial charge >= 0.3 is 0 Å². The number of Topliss-reactive ketones (excluding diaryl/α,β-unsaturated/α-hetero) is 1. The van der Waals surface area contributed by atoms with E-state index in [0.717, 1.165) is 5.56 Å². The summed E-state index contributed by atoms with van der Waals surface area (Å²) in [5.41, 5.74) is 2.16. The summed E-state index contributed by atoms with van der Waals surface area (Å²) in [6.07, 6.45) is 0. The minimum Gasteiger partial charge on any atom is -0.325 e. The highest BCUT2D eigenvalue weighted by atomic mass is 35.5. The van der Waals surface area contributed by atoms with Gasteiger partial charge in [-0.3, -0.25) is 9.59 Å². The summed E-state index contributed by atoms with van der Waals surface area (Å²) in [7, 11) is 0. The molecule has 0 heterocycles. The SMILES string of the molecule is C.CC(=O)c1ccc(NC(=O)CCl)cc1C. The van der Waals surface area contributed by atoms with Crippen molar-refractivity contribution in [1.82, 2.24) is 0 Å². The Hall–Kier alpha value is -1.35. The van der Waals surface area contributed by atoms with Crippen LogP contribution in [0.4, 0.5) is 5.69 Å². The predicted molar refractivity (Wildman–Crippen MR) is 67.3 cm³/mol. The maximum Gasteiger partial charge on any atom is 0.239 e. The van der Waals surface area contributed by atoms with E-state index in [0.29, 0.717) is 11.3 Å². The highest BCUT2D eigenvalue weighted by Crippen LogP contribution is 2.15. The molecule has 1 rings (SSSR count). The summed E-state index contributed by atoms with van der Waals surface area (Å²) in [6.45, 7) is 3.34. The van der Waals surface area contributed by atoms with Crippen molar-refractivity contribution in [3.05, 3.63) is 29.3 Å². The van der Waals surface area contributed by atoms with Crippen LogP contribution in [0.5, 0.6) is 0 Å². The van der Waals surface area contributed by atoms with E-state index in [1.807, 2.05) is 6.92 Å². The van der Waals surface area contributed by atoms with E-state index in [1.165, 1.54) is 6.92 Å². The minimum atomic E-state index is -0.258. The van der Waals surface area contributed by atoms with Gasteiger partial charge in [-0.2, -0.15) is 0 Å². The Morgan fingerprint density at radius 3 is 2.44 bits per heavy atom. The number of alkyl halides is 1. The van der Waals surface area contributed by atoms with E-state index in [4.69, 9.17) is 11.6 Å². The van der Waals surface area contributed by atoms with Crippen LogP contribution in [0.3, 0.4) is 0 Å². The van der Waals surface area contributed by atoms with Gasteiger partial charge in [-0.15, -0.1) is 11.6 Å². The zero-order chi connectivity index (χ0) is 11.4. The monoisotopic (exact) mass is 241 g/mol. The highest BCUT2D eigenvalue weighted by Gasteiger charge is 2.05. The summed E-state index contributed by atoms with van der Waals surface area (Å²) >= 11 is 5.36. The number of nitrogens with one attached hydrogen (secondary N) is 1. The lowest BCUT2D eigenvalue weighted by atomic mass is 10.1. The molecule has 1 amide bonds. The number of carbonyl (C=O) groups excluding carboxylic acids is 2. The van der Waals surface area contributed by atoms with Gasteiger partial charge in [0.1, 0.15) is 5.88 Å². The number of aryl methyl sites for hydroxylation is 1. The fraction of sp³-hybridized carbons (Fsp3) is 0.333. The van der Waals surface area contributed by atoms with Crippen molar-refractivity contribution in [2.24, 2.45) is 0 Å². The lowest BCUT2D eigenvalue weighted by Crippen LogP contribution is -2.12. The van der Waals surface area contributed by atoms with Crippen LogP contribution >= 0.6 is 11.6 Å². The topological polar surface area (TPSA) is 46.2 Å². The van der Waals surface area contributed by atoms with Crippen molar-refractivity contribution in [2.75, 3.05) is 11.2 Å². The normalized spacial score (nSPS) is 9.19. The van der Waals surface area contributed by atoms with Crippen molar-refractivity contribution < 1.29 is 9.59 Å². The number of ketones is 1. The Bertz CT molecular complexity index is 402. The summed E-state index contributed by atoms with van der Waals surface area (Å²) < 4.78 is 0. The Morgan fingerprint density at radius 2 is 2.00 bits per heavy atom. The van der Waals surface area contributed by atoms with Crippen molar-refractivity contribution in [3.63, 3.8) is 0 Å². The third kappa shape index (κ3) is 3.66. The number of anilines is 1. The molecule has 0 bridgehead atoms. The standard InChI is InChI=1S/C11H12ClNO2.CH4/c1-7-5-9(13-11(15)6-12)3-4-10(7)8(2)14;/h3-5H,6H2,1-2H3,(H,13,15);1H4. The van der Waals surface area contributed by atoms with E-state index in [2.05, 4.69) is 5.32 Å². The van der Waals surface area contributed by atoms with E-state index in [9.17, 15) is 9.59 Å². The summed E-state index contributed by atoms with van der Waals surface area (Å²) in [5.74, 6) is -0.317. The second-order valence-corrected chi connectivity index (χ2v) is 3.53. The highest BCUT2D eigenvalue weighted by molar-refractivity contribution is 6.29. The van der Waals surface area contributed by atoms with Gasteiger partial charge in [0.15, 0.2) is 5.78 Å². The molecule has 1 aromatic rings. The fourth-order valence-electron chi connectivity index (χ4n) is 1.33. The maximum atomic E-state index is 11.1. The summed E-state index contributed by atoms with van der Waals surface area (Å²) in [5, 5.41) is 2.62. The van der Waals surface area contributed by atoms with Crippen LogP contribution in [-0.2, 0) is 4.79 Å². The Kier molecular flexibility index (Phi) is 5.75. The molecule has 1 aromatic carbocycles. The molecule has 1 N–H and O–H groups in total. The van der Waals surface area contributed by atoms with Gasteiger partial charge in [-0.1, -0.05) is 7.43 Å². The van der Waals surface area contributed by atoms with Gasteiger partial charge in [0, 0.05) is 11.3 Å². The van der Waals surface area contributed by atoms with Crippen LogP contribution in [0.1, 0.15) is 30.3 Å². The molecule has 0 saturated heterocycles. The smallest absolute Gasteiger partial charge is 0.239 e. The number of benzene rings is 1. The molecule has 0 unspecified atom stereocenters. The molecular formula is C12H16ClNO2. The molecule has 0 radical (unpaired) electrons. The summed E-state index contributed by atoms with van der Waals surface area (Å²) in [4.78, 5) is 22.1. The molecular weight excluding hydrogens is 226 g/mol. The van der Waals surface area contributed by atoms with E-state index in [1.54, 1.807) is 18.2 Å². The molecule has 88 valence electrons. The Labute approximate surface area is 101 Å². The van der Waals surface area contributed by atoms with Crippen molar-refractivity contribution in [1.29, 1.82) is 0 Å². The summed E-state index contributed by atoms with van der Waals surface area (Å²) in [6, 6.07) is 5.14. The van der Waals surface area contributed by atoms with Crippen molar-refractivity contribution in [2.45, 2.75) is 21.3 Å². The second-order valence-electron chi connectivity index (χ2n) is 3.27. The third-order valence-corrected chi connectivity index (χ3v) is 2.25. The number of hydrogen-bond donors (Lipinski definition) is 1. The molecule has 3 nitrogen and oxygen atoms in total. The number of rotatable bonds is 3.